The maximum absolute atomic E-state index is 12.4. The van der Waals surface area contributed by atoms with Crippen LogP contribution in [-0.2, 0) is 22.3 Å². The van der Waals surface area contributed by atoms with Gasteiger partial charge in [0, 0.05) is 0 Å². The fourth-order valence-corrected chi connectivity index (χ4v) is 7.06. The minimum Gasteiger partial charge on any atom is -0.478 e. The van der Waals surface area contributed by atoms with Crippen molar-refractivity contribution < 1.29 is 38.9 Å². The number of hydrogen-bond acceptors (Lipinski definition) is 6. The second-order valence-corrected chi connectivity index (χ2v) is 15.6. The lowest BCUT2D eigenvalue weighted by Crippen LogP contribution is -2.16. The second-order valence-electron chi connectivity index (χ2n) is 15.6. The zero-order valence-electron chi connectivity index (χ0n) is 36.3. The molecule has 0 aromatic heterocycles. The van der Waals surface area contributed by atoms with Gasteiger partial charge in [0.05, 0.1) is 35.5 Å². The SMILES string of the molecule is CCCCC(CC)COC(=O)c1cccc(C(=O)OCC(CC)CCCC)c1.CCCCC(CC)Cc1cc(CC(CC)CCCC)c(C(=O)O)cc1C(=O)O. The van der Waals surface area contributed by atoms with Crippen LogP contribution in [0.5, 0.6) is 0 Å². The van der Waals surface area contributed by atoms with Crippen molar-refractivity contribution in [1.29, 1.82) is 0 Å². The fourth-order valence-electron chi connectivity index (χ4n) is 7.06. The highest BCUT2D eigenvalue weighted by Crippen LogP contribution is 2.28. The molecule has 8 nitrogen and oxygen atoms in total. The monoisotopic (exact) mass is 781 g/mol. The summed E-state index contributed by atoms with van der Waals surface area (Å²) >= 11 is 0. The standard InChI is InChI=1S/2C24H38O4/c1-5-9-12-19(7-3)17-27-23(25)21-14-11-15-22(16-21)24(26)28-18-20(8-4)13-10-6-2;1-5-9-11-17(7-3)13-19-15-20(14-18(8-4)12-10-6-2)22(24(27)28)16-21(19)23(25)26/h11,14-16,19-20H,5-10,12-13,17-18H2,1-4H3;15-18H,5-14H2,1-4H3,(H,25,26)(H,27,28). The summed E-state index contributed by atoms with van der Waals surface area (Å²) in [6, 6.07) is 9.93. The molecular weight excluding hydrogens is 705 g/mol. The Morgan fingerprint density at radius 1 is 0.500 bits per heavy atom. The molecule has 2 N–H and O–H groups in total. The van der Waals surface area contributed by atoms with Crippen molar-refractivity contribution in [2.24, 2.45) is 23.7 Å². The molecule has 316 valence electrons. The van der Waals surface area contributed by atoms with E-state index in [2.05, 4.69) is 55.4 Å². The van der Waals surface area contributed by atoms with E-state index in [4.69, 9.17) is 9.47 Å². The Morgan fingerprint density at radius 2 is 0.839 bits per heavy atom. The highest BCUT2D eigenvalue weighted by atomic mass is 16.5. The average molecular weight is 781 g/mol. The summed E-state index contributed by atoms with van der Waals surface area (Å²) in [5.74, 6) is -1.16. The van der Waals surface area contributed by atoms with Crippen molar-refractivity contribution in [3.05, 3.63) is 69.8 Å². The lowest BCUT2D eigenvalue weighted by Gasteiger charge is -2.20. The minimum atomic E-state index is -1.03. The zero-order chi connectivity index (χ0) is 41.9. The number of carboxylic acids is 2. The van der Waals surface area contributed by atoms with Crippen molar-refractivity contribution in [2.75, 3.05) is 13.2 Å². The molecular formula is C48H76O8. The quantitative estimate of drug-likeness (QED) is 0.0817. The van der Waals surface area contributed by atoms with Crippen LogP contribution in [-0.4, -0.2) is 47.3 Å². The molecule has 8 heteroatoms. The van der Waals surface area contributed by atoms with E-state index in [0.29, 0.717) is 60.9 Å². The smallest absolute Gasteiger partial charge is 0.338 e. The zero-order valence-corrected chi connectivity index (χ0v) is 36.3. The molecule has 0 spiro atoms. The number of unbranched alkanes of at least 4 members (excludes halogenated alkanes) is 4. The molecule has 0 saturated heterocycles. The molecule has 4 atom stereocenters. The van der Waals surface area contributed by atoms with Crippen LogP contribution in [0, 0.1) is 23.7 Å². The van der Waals surface area contributed by atoms with Crippen LogP contribution in [0.1, 0.15) is 211 Å². The van der Waals surface area contributed by atoms with Crippen molar-refractivity contribution in [3.63, 3.8) is 0 Å². The van der Waals surface area contributed by atoms with Crippen LogP contribution < -0.4 is 0 Å². The number of carbonyl (C=O) groups is 4. The summed E-state index contributed by atoms with van der Waals surface area (Å²) < 4.78 is 11.0. The molecule has 2 aromatic carbocycles. The van der Waals surface area contributed by atoms with Crippen LogP contribution in [0.2, 0.25) is 0 Å². The predicted molar refractivity (Wildman–Crippen MR) is 228 cm³/mol. The van der Waals surface area contributed by atoms with Crippen molar-refractivity contribution in [2.45, 2.75) is 171 Å². The third kappa shape index (κ3) is 19.0. The van der Waals surface area contributed by atoms with Crippen LogP contribution in [0.15, 0.2) is 36.4 Å². The lowest BCUT2D eigenvalue weighted by atomic mass is 9.84. The van der Waals surface area contributed by atoms with Gasteiger partial charge < -0.3 is 19.7 Å². The van der Waals surface area contributed by atoms with Gasteiger partial charge in [0.15, 0.2) is 0 Å². The first-order valence-corrected chi connectivity index (χ1v) is 22.0. The summed E-state index contributed by atoms with van der Waals surface area (Å²) in [5.41, 5.74) is 2.69. The molecule has 2 aromatic rings. The summed E-state index contributed by atoms with van der Waals surface area (Å²) in [4.78, 5) is 48.4. The first kappa shape index (κ1) is 50.3. The predicted octanol–water partition coefficient (Wildman–Crippen LogP) is 13.0. The van der Waals surface area contributed by atoms with Crippen LogP contribution in [0.4, 0.5) is 0 Å². The van der Waals surface area contributed by atoms with E-state index in [1.807, 2.05) is 6.07 Å². The Kier molecular flexibility index (Phi) is 26.6. The summed E-state index contributed by atoms with van der Waals surface area (Å²) in [6.45, 7) is 18.0. The average Bonchev–Trinajstić information content (AvgIpc) is 3.20. The minimum absolute atomic E-state index is 0.151. The van der Waals surface area contributed by atoms with Crippen LogP contribution in [0.3, 0.4) is 0 Å². The molecule has 4 unspecified atom stereocenters. The molecule has 0 amide bonds. The number of aromatic carboxylic acids is 2. The Morgan fingerprint density at radius 3 is 1.14 bits per heavy atom. The number of rotatable bonds is 28. The van der Waals surface area contributed by atoms with Gasteiger partial charge in [0.25, 0.3) is 0 Å². The van der Waals surface area contributed by atoms with Gasteiger partial charge in [-0.2, -0.15) is 0 Å². The highest BCUT2D eigenvalue weighted by Gasteiger charge is 2.22. The Balaban J connectivity index is 0.000000560. The third-order valence-electron chi connectivity index (χ3n) is 11.2. The molecule has 0 aliphatic rings. The number of hydrogen-bond donors (Lipinski definition) is 2. The van der Waals surface area contributed by atoms with Gasteiger partial charge in [-0.05, 0) is 84.7 Å². The largest absolute Gasteiger partial charge is 0.478 e. The first-order valence-electron chi connectivity index (χ1n) is 22.0. The topological polar surface area (TPSA) is 127 Å². The number of carbonyl (C=O) groups excluding carboxylic acids is 2. The van der Waals surface area contributed by atoms with E-state index in [-0.39, 0.29) is 23.1 Å². The van der Waals surface area contributed by atoms with Crippen LogP contribution >= 0.6 is 0 Å². The van der Waals surface area contributed by atoms with E-state index in [0.717, 1.165) is 114 Å². The molecule has 0 aliphatic heterocycles. The molecule has 0 fully saturated rings. The van der Waals surface area contributed by atoms with Gasteiger partial charge in [0.1, 0.15) is 0 Å². The highest BCUT2D eigenvalue weighted by molar-refractivity contribution is 5.96. The van der Waals surface area contributed by atoms with E-state index >= 15 is 0 Å². The summed E-state index contributed by atoms with van der Waals surface area (Å²) in [6.07, 6.45) is 18.8. The fraction of sp³-hybridized carbons (Fsp3) is 0.667. The van der Waals surface area contributed by atoms with Gasteiger partial charge in [0.2, 0.25) is 0 Å². The Labute approximate surface area is 339 Å². The molecule has 2 rings (SSSR count). The number of benzene rings is 2. The summed E-state index contributed by atoms with van der Waals surface area (Å²) in [7, 11) is 0. The normalized spacial score (nSPS) is 13.1. The van der Waals surface area contributed by atoms with E-state index < -0.39 is 11.9 Å². The maximum atomic E-state index is 12.4. The second kappa shape index (κ2) is 29.5. The Hall–Kier alpha value is -3.68. The summed E-state index contributed by atoms with van der Waals surface area (Å²) in [5, 5.41) is 19.4. The maximum Gasteiger partial charge on any atom is 0.338 e. The van der Waals surface area contributed by atoms with Crippen molar-refractivity contribution in [3.8, 4) is 0 Å². The van der Waals surface area contributed by atoms with Gasteiger partial charge >= 0.3 is 23.9 Å². The van der Waals surface area contributed by atoms with Crippen LogP contribution in [0.25, 0.3) is 0 Å². The molecule has 0 bridgehead atoms. The third-order valence-corrected chi connectivity index (χ3v) is 11.2. The number of ether oxygens (including phenoxy) is 2. The number of esters is 2. The van der Waals surface area contributed by atoms with E-state index in [1.54, 1.807) is 24.3 Å². The molecule has 56 heavy (non-hydrogen) atoms. The molecule has 0 aliphatic carbocycles. The van der Waals surface area contributed by atoms with E-state index in [9.17, 15) is 29.4 Å². The lowest BCUT2D eigenvalue weighted by molar-refractivity contribution is 0.0424. The molecule has 0 saturated carbocycles. The molecule has 0 heterocycles. The van der Waals surface area contributed by atoms with Gasteiger partial charge in [-0.15, -0.1) is 0 Å². The first-order chi connectivity index (χ1) is 26.9. The number of carboxylic acid groups (broad SMARTS) is 2. The van der Waals surface area contributed by atoms with Crippen molar-refractivity contribution in [1.82, 2.24) is 0 Å². The van der Waals surface area contributed by atoms with Gasteiger partial charge in [-0.3, -0.25) is 0 Å². The molecule has 0 radical (unpaired) electrons. The van der Waals surface area contributed by atoms with Gasteiger partial charge in [-0.25, -0.2) is 19.2 Å². The van der Waals surface area contributed by atoms with E-state index in [1.165, 1.54) is 6.07 Å². The Bertz CT molecular complexity index is 1330. The van der Waals surface area contributed by atoms with Gasteiger partial charge in [-0.1, -0.05) is 157 Å². The van der Waals surface area contributed by atoms with Crippen molar-refractivity contribution >= 4 is 23.9 Å².